The lowest BCUT2D eigenvalue weighted by Crippen LogP contribution is -2.42. The van der Waals surface area contributed by atoms with E-state index in [2.05, 4.69) is 15.5 Å². The van der Waals surface area contributed by atoms with Crippen LogP contribution in [0.5, 0.6) is 0 Å². The van der Waals surface area contributed by atoms with E-state index < -0.39 is 0 Å². The first-order chi connectivity index (χ1) is 9.33. The maximum Gasteiger partial charge on any atom is 0.228 e. The van der Waals surface area contributed by atoms with Gasteiger partial charge in [-0.1, -0.05) is 28.9 Å². The fourth-order valence-electron chi connectivity index (χ4n) is 2.05. The maximum atomic E-state index is 6.11. The third-order valence-corrected chi connectivity index (χ3v) is 3.33. The van der Waals surface area contributed by atoms with Crippen molar-refractivity contribution in [2.24, 2.45) is 0 Å². The van der Waals surface area contributed by atoms with Crippen molar-refractivity contribution in [3.8, 4) is 11.4 Å². The maximum absolute atomic E-state index is 6.11. The molecule has 5 nitrogen and oxygen atoms in total. The Morgan fingerprint density at radius 3 is 3.05 bits per heavy atom. The highest BCUT2D eigenvalue weighted by atomic mass is 35.5. The van der Waals surface area contributed by atoms with E-state index in [0.29, 0.717) is 29.8 Å². The van der Waals surface area contributed by atoms with Crippen LogP contribution in [0.15, 0.2) is 28.8 Å². The van der Waals surface area contributed by atoms with E-state index in [1.807, 2.05) is 24.3 Å². The number of hydrogen-bond donors (Lipinski definition) is 1. The van der Waals surface area contributed by atoms with E-state index >= 15 is 0 Å². The van der Waals surface area contributed by atoms with Crippen molar-refractivity contribution < 1.29 is 9.26 Å². The highest BCUT2D eigenvalue weighted by Crippen LogP contribution is 2.25. The Hall–Kier alpha value is -1.43. The lowest BCUT2D eigenvalue weighted by atomic mass is 10.2. The van der Waals surface area contributed by atoms with Gasteiger partial charge in [-0.25, -0.2) is 0 Å². The molecule has 19 heavy (non-hydrogen) atoms. The molecule has 100 valence electrons. The molecule has 6 heteroatoms. The molecule has 1 saturated heterocycles. The van der Waals surface area contributed by atoms with Gasteiger partial charge in [0, 0.05) is 24.6 Å². The Morgan fingerprint density at radius 1 is 1.37 bits per heavy atom. The molecule has 1 aliphatic heterocycles. The minimum absolute atomic E-state index is 0.230. The molecule has 1 aromatic carbocycles. The van der Waals surface area contributed by atoms with Crippen LogP contribution >= 0.6 is 11.6 Å². The second kappa shape index (κ2) is 5.69. The van der Waals surface area contributed by atoms with Gasteiger partial charge in [-0.05, 0) is 12.1 Å². The topological polar surface area (TPSA) is 60.2 Å². The summed E-state index contributed by atoms with van der Waals surface area (Å²) < 4.78 is 10.7. The van der Waals surface area contributed by atoms with Crippen LogP contribution in [0.1, 0.15) is 5.89 Å². The quantitative estimate of drug-likeness (QED) is 0.930. The van der Waals surface area contributed by atoms with E-state index in [-0.39, 0.29) is 6.04 Å². The van der Waals surface area contributed by atoms with Gasteiger partial charge in [0.15, 0.2) is 0 Å². The lowest BCUT2D eigenvalue weighted by molar-refractivity contribution is 0.0744. The summed E-state index contributed by atoms with van der Waals surface area (Å²) >= 11 is 6.11. The van der Waals surface area contributed by atoms with Crippen LogP contribution in [-0.2, 0) is 11.2 Å². The summed E-state index contributed by atoms with van der Waals surface area (Å²) in [6, 6.07) is 7.68. The minimum atomic E-state index is 0.230. The van der Waals surface area contributed by atoms with Crippen LogP contribution < -0.4 is 5.32 Å². The van der Waals surface area contributed by atoms with Crippen molar-refractivity contribution in [1.82, 2.24) is 15.5 Å². The first-order valence-electron chi connectivity index (χ1n) is 6.21. The van der Waals surface area contributed by atoms with Crippen molar-refractivity contribution in [2.45, 2.75) is 12.5 Å². The van der Waals surface area contributed by atoms with Crippen molar-refractivity contribution in [3.63, 3.8) is 0 Å². The summed E-state index contributed by atoms with van der Waals surface area (Å²) in [7, 11) is 0. The molecule has 1 unspecified atom stereocenters. The number of nitrogens with zero attached hydrogens (tertiary/aromatic N) is 2. The van der Waals surface area contributed by atoms with Crippen LogP contribution in [-0.4, -0.2) is 35.9 Å². The molecule has 1 aliphatic rings. The molecule has 2 aromatic rings. The van der Waals surface area contributed by atoms with Crippen LogP contribution in [0, 0.1) is 0 Å². The fraction of sp³-hybridized carbons (Fsp3) is 0.385. The molecule has 3 rings (SSSR count). The molecule has 0 aliphatic carbocycles. The van der Waals surface area contributed by atoms with Gasteiger partial charge < -0.3 is 14.6 Å². The molecule has 1 N–H and O–H groups in total. The second-order valence-electron chi connectivity index (χ2n) is 4.42. The highest BCUT2D eigenvalue weighted by molar-refractivity contribution is 6.33. The van der Waals surface area contributed by atoms with Crippen LogP contribution in [0.2, 0.25) is 5.02 Å². The zero-order valence-corrected chi connectivity index (χ0v) is 11.1. The molecule has 1 fully saturated rings. The number of morpholine rings is 1. The lowest BCUT2D eigenvalue weighted by Gasteiger charge is -2.22. The third kappa shape index (κ3) is 2.94. The van der Waals surface area contributed by atoms with E-state index in [9.17, 15) is 0 Å². The van der Waals surface area contributed by atoms with E-state index in [4.69, 9.17) is 20.9 Å². The van der Waals surface area contributed by atoms with Gasteiger partial charge in [-0.3, -0.25) is 0 Å². The van der Waals surface area contributed by atoms with Crippen LogP contribution in [0.3, 0.4) is 0 Å². The number of halogens is 1. The fourth-order valence-corrected chi connectivity index (χ4v) is 2.27. The van der Waals surface area contributed by atoms with Gasteiger partial charge in [0.2, 0.25) is 11.7 Å². The Kier molecular flexibility index (Phi) is 3.77. The minimum Gasteiger partial charge on any atom is -0.378 e. The SMILES string of the molecule is Clc1ccccc1-c1noc(CC2COCCN2)n1. The first-order valence-corrected chi connectivity index (χ1v) is 6.59. The normalized spacial score (nSPS) is 19.5. The van der Waals surface area contributed by atoms with Gasteiger partial charge in [-0.2, -0.15) is 4.98 Å². The summed E-state index contributed by atoms with van der Waals surface area (Å²) in [6.45, 7) is 2.28. The first kappa shape index (κ1) is 12.6. The van der Waals surface area contributed by atoms with Crippen LogP contribution in [0.4, 0.5) is 0 Å². The Balaban J connectivity index is 1.74. The second-order valence-corrected chi connectivity index (χ2v) is 4.83. The predicted octanol–water partition coefficient (Wildman–Crippen LogP) is 1.92. The molecule has 0 amide bonds. The number of ether oxygens (including phenoxy) is 1. The summed E-state index contributed by atoms with van der Waals surface area (Å²) in [4.78, 5) is 4.38. The molecule has 0 bridgehead atoms. The van der Waals surface area contributed by atoms with E-state index in [1.54, 1.807) is 0 Å². The third-order valence-electron chi connectivity index (χ3n) is 3.00. The van der Waals surface area contributed by atoms with Gasteiger partial charge >= 0.3 is 0 Å². The van der Waals surface area contributed by atoms with Gasteiger partial charge in [0.1, 0.15) is 0 Å². The van der Waals surface area contributed by atoms with Crippen LogP contribution in [0.25, 0.3) is 11.4 Å². The summed E-state index contributed by atoms with van der Waals surface area (Å²) in [5.41, 5.74) is 0.784. The molecule has 1 aromatic heterocycles. The highest BCUT2D eigenvalue weighted by Gasteiger charge is 2.18. The van der Waals surface area contributed by atoms with Crippen molar-refractivity contribution in [1.29, 1.82) is 0 Å². The summed E-state index contributed by atoms with van der Waals surface area (Å²) in [5, 5.41) is 7.94. The number of nitrogens with one attached hydrogen (secondary N) is 1. The predicted molar refractivity (Wildman–Crippen MR) is 71.1 cm³/mol. The molecule has 2 heterocycles. The van der Waals surface area contributed by atoms with Crippen molar-refractivity contribution in [3.05, 3.63) is 35.2 Å². The molecular weight excluding hydrogens is 266 g/mol. The Morgan fingerprint density at radius 2 is 2.26 bits per heavy atom. The number of benzene rings is 1. The summed E-state index contributed by atoms with van der Waals surface area (Å²) in [5.74, 6) is 1.12. The Bertz CT molecular complexity index is 552. The molecular formula is C13H14ClN3O2. The van der Waals surface area contributed by atoms with Crippen molar-refractivity contribution >= 4 is 11.6 Å². The monoisotopic (exact) mass is 279 g/mol. The molecule has 0 saturated carbocycles. The number of hydrogen-bond acceptors (Lipinski definition) is 5. The van der Waals surface area contributed by atoms with Gasteiger partial charge in [0.05, 0.1) is 18.2 Å². The molecule has 0 spiro atoms. The van der Waals surface area contributed by atoms with E-state index in [0.717, 1.165) is 18.7 Å². The molecule has 1 atom stereocenters. The standard InChI is InChI=1S/C13H14ClN3O2/c14-11-4-2-1-3-10(11)13-16-12(19-17-13)7-9-8-18-6-5-15-9/h1-4,9,15H,5-8H2. The smallest absolute Gasteiger partial charge is 0.228 e. The van der Waals surface area contributed by atoms with Crippen molar-refractivity contribution in [2.75, 3.05) is 19.8 Å². The number of aromatic nitrogens is 2. The summed E-state index contributed by atoms with van der Waals surface area (Å²) in [6.07, 6.45) is 0.664. The van der Waals surface area contributed by atoms with Gasteiger partial charge in [0.25, 0.3) is 0 Å². The zero-order valence-electron chi connectivity index (χ0n) is 10.3. The number of rotatable bonds is 3. The largest absolute Gasteiger partial charge is 0.378 e. The van der Waals surface area contributed by atoms with E-state index in [1.165, 1.54) is 0 Å². The zero-order chi connectivity index (χ0) is 13.1. The Labute approximate surface area is 115 Å². The molecule has 0 radical (unpaired) electrons. The average molecular weight is 280 g/mol. The average Bonchev–Trinajstić information content (AvgIpc) is 2.89. The van der Waals surface area contributed by atoms with Gasteiger partial charge in [-0.15, -0.1) is 0 Å².